The lowest BCUT2D eigenvalue weighted by Crippen LogP contribution is -2.53. The molecule has 4 nitrogen and oxygen atoms in total. The monoisotopic (exact) mass is 459 g/mol. The summed E-state index contributed by atoms with van der Waals surface area (Å²) in [5.74, 6) is 0.0804. The first-order valence-corrected chi connectivity index (χ1v) is 13.1. The molecule has 2 saturated heterocycles. The number of allylic oxidation sites excluding steroid dienone is 1. The highest BCUT2D eigenvalue weighted by Crippen LogP contribution is 2.46. The van der Waals surface area contributed by atoms with Gasteiger partial charge in [-0.15, -0.1) is 6.58 Å². The third-order valence-electron chi connectivity index (χ3n) is 8.20. The van der Waals surface area contributed by atoms with Gasteiger partial charge in [-0.25, -0.2) is 4.79 Å². The first-order chi connectivity index (χ1) is 16.6. The minimum atomic E-state index is -0.635. The van der Waals surface area contributed by atoms with Crippen LogP contribution >= 0.6 is 0 Å². The Morgan fingerprint density at radius 1 is 0.971 bits per heavy atom. The lowest BCUT2D eigenvalue weighted by atomic mass is 9.82. The van der Waals surface area contributed by atoms with Crippen molar-refractivity contribution in [1.82, 2.24) is 4.90 Å². The number of carbonyl (C=O) groups is 1. The van der Waals surface area contributed by atoms with Crippen LogP contribution in [-0.2, 0) is 4.74 Å². The average molecular weight is 460 g/mol. The van der Waals surface area contributed by atoms with Crippen molar-refractivity contribution in [3.8, 4) is 11.1 Å². The standard InChI is InChI=1S/C30H37NO3/c1-2-3-4-5-6-11-18-30(33)19-22-16-17-23(20-30)31(22)29(32)34-21-28-26-14-9-7-12-24(26)25-13-8-10-15-27(25)28/h2,7-10,12-15,22-23,28,33H,1,3-6,11,16-21H2. The number of benzene rings is 2. The normalized spacial score (nSPS) is 25.1. The first kappa shape index (κ1) is 23.2. The lowest BCUT2D eigenvalue weighted by molar-refractivity contribution is -0.0548. The van der Waals surface area contributed by atoms with Gasteiger partial charge in [0, 0.05) is 18.0 Å². The molecule has 0 spiro atoms. The topological polar surface area (TPSA) is 49.8 Å². The molecule has 34 heavy (non-hydrogen) atoms. The Balaban J connectivity index is 1.18. The van der Waals surface area contributed by atoms with Gasteiger partial charge in [0.15, 0.2) is 0 Å². The van der Waals surface area contributed by atoms with Crippen LogP contribution in [0.25, 0.3) is 11.1 Å². The maximum absolute atomic E-state index is 13.2. The molecule has 0 aromatic heterocycles. The molecule has 2 fully saturated rings. The van der Waals surface area contributed by atoms with E-state index in [0.717, 1.165) is 38.5 Å². The molecule has 2 unspecified atom stereocenters. The predicted octanol–water partition coefficient (Wildman–Crippen LogP) is 6.82. The van der Waals surface area contributed by atoms with Crippen molar-refractivity contribution in [1.29, 1.82) is 0 Å². The molecular formula is C30H37NO3. The highest BCUT2D eigenvalue weighted by Gasteiger charge is 2.49. The number of hydrogen-bond donors (Lipinski definition) is 1. The maximum atomic E-state index is 13.2. The summed E-state index contributed by atoms with van der Waals surface area (Å²) in [5, 5.41) is 11.3. The number of rotatable bonds is 9. The van der Waals surface area contributed by atoms with E-state index >= 15 is 0 Å². The quantitative estimate of drug-likeness (QED) is 0.331. The molecule has 2 bridgehead atoms. The Morgan fingerprint density at radius 2 is 1.56 bits per heavy atom. The number of hydrogen-bond acceptors (Lipinski definition) is 3. The summed E-state index contributed by atoms with van der Waals surface area (Å²) in [4.78, 5) is 15.2. The minimum Gasteiger partial charge on any atom is -0.448 e. The van der Waals surface area contributed by atoms with Gasteiger partial charge in [0.2, 0.25) is 0 Å². The summed E-state index contributed by atoms with van der Waals surface area (Å²) < 4.78 is 5.96. The Kier molecular flexibility index (Phi) is 6.78. The van der Waals surface area contributed by atoms with E-state index in [1.54, 1.807) is 0 Å². The van der Waals surface area contributed by atoms with Gasteiger partial charge in [0.1, 0.15) is 6.61 Å². The largest absolute Gasteiger partial charge is 0.448 e. The molecule has 180 valence electrons. The van der Waals surface area contributed by atoms with Crippen molar-refractivity contribution in [3.63, 3.8) is 0 Å². The number of nitrogens with zero attached hydrogens (tertiary/aromatic N) is 1. The number of amides is 1. The van der Waals surface area contributed by atoms with Crippen molar-refractivity contribution in [3.05, 3.63) is 72.3 Å². The number of aliphatic hydroxyl groups is 1. The Bertz CT molecular complexity index is 972. The fraction of sp³-hybridized carbons (Fsp3) is 0.500. The van der Waals surface area contributed by atoms with Gasteiger partial charge in [0.05, 0.1) is 5.60 Å². The summed E-state index contributed by atoms with van der Waals surface area (Å²) in [7, 11) is 0. The number of fused-ring (bicyclic) bond motifs is 5. The summed E-state index contributed by atoms with van der Waals surface area (Å²) in [5.41, 5.74) is 4.32. The molecule has 1 N–H and O–H groups in total. The third kappa shape index (κ3) is 4.53. The highest BCUT2D eigenvalue weighted by atomic mass is 16.6. The molecule has 1 aliphatic carbocycles. The molecule has 2 aromatic carbocycles. The Morgan fingerprint density at radius 3 is 2.18 bits per heavy atom. The maximum Gasteiger partial charge on any atom is 0.410 e. The lowest BCUT2D eigenvalue weighted by Gasteiger charge is -2.43. The second-order valence-corrected chi connectivity index (χ2v) is 10.5. The molecule has 2 aliphatic heterocycles. The minimum absolute atomic E-state index is 0.0804. The van der Waals surface area contributed by atoms with E-state index in [4.69, 9.17) is 4.74 Å². The number of carbonyl (C=O) groups excluding carboxylic acids is 1. The summed E-state index contributed by atoms with van der Waals surface area (Å²) in [6.07, 6.45) is 11.6. The van der Waals surface area contributed by atoms with E-state index in [1.165, 1.54) is 35.1 Å². The number of unbranched alkanes of at least 4 members (excludes halogenated alkanes) is 4. The van der Waals surface area contributed by atoms with Gasteiger partial charge in [0.25, 0.3) is 0 Å². The van der Waals surface area contributed by atoms with Crippen LogP contribution in [0.2, 0.25) is 0 Å². The Labute approximate surface area is 203 Å². The molecule has 2 heterocycles. The molecule has 0 saturated carbocycles. The smallest absolute Gasteiger partial charge is 0.410 e. The first-order valence-electron chi connectivity index (χ1n) is 13.1. The second kappa shape index (κ2) is 9.95. The molecule has 4 heteroatoms. The zero-order valence-electron chi connectivity index (χ0n) is 20.1. The van der Waals surface area contributed by atoms with Crippen LogP contribution in [0.3, 0.4) is 0 Å². The van der Waals surface area contributed by atoms with Crippen LogP contribution in [-0.4, -0.2) is 40.4 Å². The van der Waals surface area contributed by atoms with E-state index in [0.29, 0.717) is 19.4 Å². The van der Waals surface area contributed by atoms with E-state index in [2.05, 4.69) is 55.1 Å². The highest BCUT2D eigenvalue weighted by molar-refractivity contribution is 5.79. The molecule has 2 atom stereocenters. The zero-order valence-corrected chi connectivity index (χ0v) is 20.1. The molecule has 3 aliphatic rings. The van der Waals surface area contributed by atoms with Crippen LogP contribution in [0, 0.1) is 0 Å². The van der Waals surface area contributed by atoms with E-state index < -0.39 is 5.60 Å². The van der Waals surface area contributed by atoms with Gasteiger partial charge < -0.3 is 14.7 Å². The van der Waals surface area contributed by atoms with E-state index in [-0.39, 0.29) is 24.1 Å². The van der Waals surface area contributed by atoms with Crippen LogP contribution in [0.4, 0.5) is 4.79 Å². The fourth-order valence-corrected chi connectivity index (χ4v) is 6.59. The molecule has 1 amide bonds. The number of ether oxygens (including phenoxy) is 1. The van der Waals surface area contributed by atoms with Gasteiger partial charge >= 0.3 is 6.09 Å². The van der Waals surface area contributed by atoms with Crippen LogP contribution < -0.4 is 0 Å². The summed E-state index contributed by atoms with van der Waals surface area (Å²) >= 11 is 0. The SMILES string of the molecule is C=CCCCCCCC1(O)CC2CCC(C1)N2C(=O)OCC1c2ccccc2-c2ccccc21. The van der Waals surface area contributed by atoms with Crippen LogP contribution in [0.1, 0.15) is 81.3 Å². The predicted molar refractivity (Wildman–Crippen MR) is 136 cm³/mol. The van der Waals surface area contributed by atoms with Crippen molar-refractivity contribution < 1.29 is 14.6 Å². The van der Waals surface area contributed by atoms with Crippen molar-refractivity contribution in [2.24, 2.45) is 0 Å². The van der Waals surface area contributed by atoms with E-state index in [1.807, 2.05) is 11.0 Å². The van der Waals surface area contributed by atoms with Crippen molar-refractivity contribution >= 4 is 6.09 Å². The third-order valence-corrected chi connectivity index (χ3v) is 8.20. The molecule has 2 aromatic rings. The van der Waals surface area contributed by atoms with Gasteiger partial charge in [-0.3, -0.25) is 0 Å². The van der Waals surface area contributed by atoms with Gasteiger partial charge in [-0.2, -0.15) is 0 Å². The van der Waals surface area contributed by atoms with Crippen molar-refractivity contribution in [2.75, 3.05) is 6.61 Å². The van der Waals surface area contributed by atoms with Gasteiger partial charge in [-0.1, -0.05) is 73.9 Å². The van der Waals surface area contributed by atoms with Crippen LogP contribution in [0.5, 0.6) is 0 Å². The Hall–Kier alpha value is -2.59. The van der Waals surface area contributed by atoms with Crippen molar-refractivity contribution in [2.45, 2.75) is 87.8 Å². The van der Waals surface area contributed by atoms with Gasteiger partial charge in [-0.05, 0) is 67.2 Å². The molecule has 5 rings (SSSR count). The summed E-state index contributed by atoms with van der Waals surface area (Å²) in [6.45, 7) is 4.14. The second-order valence-electron chi connectivity index (χ2n) is 10.5. The summed E-state index contributed by atoms with van der Waals surface area (Å²) in [6, 6.07) is 17.1. The average Bonchev–Trinajstić information content (AvgIpc) is 3.32. The number of piperidine rings is 1. The molecular weight excluding hydrogens is 422 g/mol. The zero-order chi connectivity index (χ0) is 23.5. The molecule has 0 radical (unpaired) electrons. The fourth-order valence-electron chi connectivity index (χ4n) is 6.59. The van der Waals surface area contributed by atoms with Crippen LogP contribution in [0.15, 0.2) is 61.2 Å². The van der Waals surface area contributed by atoms with E-state index in [9.17, 15) is 9.90 Å².